The number of nitrogen functional groups attached to an aromatic ring is 1. The molecule has 1 amide bonds. The van der Waals surface area contributed by atoms with E-state index in [1.807, 2.05) is 0 Å². The van der Waals surface area contributed by atoms with Crippen LogP contribution >= 0.6 is 0 Å². The van der Waals surface area contributed by atoms with Crippen molar-refractivity contribution in [3.8, 4) is 34.0 Å². The first-order valence-electron chi connectivity index (χ1n) is 12.3. The number of pyridine rings is 2. The lowest BCUT2D eigenvalue weighted by Crippen LogP contribution is -2.28. The zero-order chi connectivity index (χ0) is 29.1. The monoisotopic (exact) mass is 563 g/mol. The molecule has 5 rings (SSSR count). The average Bonchev–Trinajstić information content (AvgIpc) is 3.30. The van der Waals surface area contributed by atoms with E-state index in [4.69, 9.17) is 15.2 Å². The van der Waals surface area contributed by atoms with Crippen molar-refractivity contribution in [1.29, 1.82) is 0 Å². The van der Waals surface area contributed by atoms with Gasteiger partial charge < -0.3 is 20.5 Å². The van der Waals surface area contributed by atoms with Gasteiger partial charge in [-0.15, -0.1) is 0 Å². The van der Waals surface area contributed by atoms with Crippen LogP contribution in [0.1, 0.15) is 21.6 Å². The van der Waals surface area contributed by atoms with Gasteiger partial charge in [-0.2, -0.15) is 18.3 Å². The van der Waals surface area contributed by atoms with E-state index in [1.54, 1.807) is 49.4 Å². The molecule has 0 bridgehead atoms. The van der Waals surface area contributed by atoms with E-state index < -0.39 is 17.6 Å². The summed E-state index contributed by atoms with van der Waals surface area (Å²) in [5, 5.41) is 7.42. The van der Waals surface area contributed by atoms with Crippen molar-refractivity contribution in [2.75, 3.05) is 26.0 Å². The number of nitrogens with one attached hydrogen (secondary N) is 1. The number of aryl methyl sites for hydroxylation is 1. The van der Waals surface area contributed by atoms with Gasteiger partial charge in [0, 0.05) is 35.3 Å². The molecular formula is C28H24F3N7O3. The molecule has 0 saturated heterocycles. The van der Waals surface area contributed by atoms with Crippen molar-refractivity contribution >= 4 is 17.4 Å². The number of hydrogen-bond donors (Lipinski definition) is 2. The summed E-state index contributed by atoms with van der Waals surface area (Å²) in [4.78, 5) is 24.3. The first kappa shape index (κ1) is 27.4. The number of aromatic nitrogens is 5. The molecule has 210 valence electrons. The van der Waals surface area contributed by atoms with Crippen LogP contribution in [0.3, 0.4) is 0 Å². The van der Waals surface area contributed by atoms with E-state index in [-0.39, 0.29) is 24.6 Å². The fraction of sp³-hybridized carbons (Fsp3) is 0.179. The molecule has 0 aliphatic rings. The molecule has 0 radical (unpaired) electrons. The van der Waals surface area contributed by atoms with Crippen LogP contribution in [0, 0.1) is 6.92 Å². The standard InChI is InChI=1S/C28H24F3N7O3/c1-16-25(19-13-20(28(29,30)31)26(32)35-15-19)38-24(36-16)6-4-21(37-38)18-3-5-22(23(14-18)40-2)41-12-11-34-27(39)17-7-9-33-10-8-17/h3-10,13-15H,11-12H2,1-2H3,(H2,32,35)(H,34,39). The number of imidazole rings is 1. The molecule has 10 nitrogen and oxygen atoms in total. The Kier molecular flexibility index (Phi) is 7.42. The normalized spacial score (nSPS) is 11.4. The Morgan fingerprint density at radius 2 is 1.83 bits per heavy atom. The van der Waals surface area contributed by atoms with E-state index in [0.29, 0.717) is 45.4 Å². The van der Waals surface area contributed by atoms with E-state index >= 15 is 0 Å². The molecule has 0 saturated carbocycles. The Morgan fingerprint density at radius 1 is 1.05 bits per heavy atom. The maximum atomic E-state index is 13.5. The van der Waals surface area contributed by atoms with Crippen LogP contribution in [0.5, 0.6) is 11.5 Å². The highest BCUT2D eigenvalue weighted by Crippen LogP contribution is 2.36. The number of anilines is 1. The Balaban J connectivity index is 1.38. The van der Waals surface area contributed by atoms with Gasteiger partial charge >= 0.3 is 6.18 Å². The minimum absolute atomic E-state index is 0.179. The summed E-state index contributed by atoms with van der Waals surface area (Å²) >= 11 is 0. The second kappa shape index (κ2) is 11.1. The zero-order valence-corrected chi connectivity index (χ0v) is 21.9. The van der Waals surface area contributed by atoms with E-state index in [9.17, 15) is 18.0 Å². The average molecular weight is 564 g/mol. The summed E-state index contributed by atoms with van der Waals surface area (Å²) in [6.07, 6.45) is -0.314. The lowest BCUT2D eigenvalue weighted by Gasteiger charge is -2.13. The van der Waals surface area contributed by atoms with Crippen LogP contribution in [0.15, 0.2) is 67.1 Å². The maximum absolute atomic E-state index is 13.5. The number of nitrogens with two attached hydrogens (primary N) is 1. The Bertz CT molecular complexity index is 1720. The highest BCUT2D eigenvalue weighted by Gasteiger charge is 2.34. The Labute approximate surface area is 232 Å². The molecule has 4 aromatic heterocycles. The summed E-state index contributed by atoms with van der Waals surface area (Å²) in [5.41, 5.74) is 7.61. The number of carbonyl (C=O) groups excluding carboxylic acids is 1. The van der Waals surface area contributed by atoms with Gasteiger partial charge in [0.05, 0.1) is 36.3 Å². The molecule has 5 aromatic rings. The highest BCUT2D eigenvalue weighted by molar-refractivity contribution is 5.93. The summed E-state index contributed by atoms with van der Waals surface area (Å²) < 4.78 is 53.2. The molecule has 1 aromatic carbocycles. The topological polar surface area (TPSA) is 130 Å². The summed E-state index contributed by atoms with van der Waals surface area (Å²) in [6.45, 7) is 2.15. The van der Waals surface area contributed by atoms with Gasteiger partial charge in [-0.05, 0) is 55.5 Å². The van der Waals surface area contributed by atoms with Crippen molar-refractivity contribution in [1.82, 2.24) is 29.9 Å². The molecule has 0 unspecified atom stereocenters. The molecule has 0 aliphatic carbocycles. The fourth-order valence-corrected chi connectivity index (χ4v) is 4.24. The van der Waals surface area contributed by atoms with E-state index in [1.165, 1.54) is 30.2 Å². The Morgan fingerprint density at radius 3 is 2.56 bits per heavy atom. The predicted octanol–water partition coefficient (Wildman–Crippen LogP) is 4.58. The number of hydrogen-bond acceptors (Lipinski definition) is 8. The summed E-state index contributed by atoms with van der Waals surface area (Å²) in [5.74, 6) is 0.0527. The highest BCUT2D eigenvalue weighted by atomic mass is 19.4. The Hall–Kier alpha value is -5.20. The van der Waals surface area contributed by atoms with Gasteiger partial charge in [-0.25, -0.2) is 14.5 Å². The largest absolute Gasteiger partial charge is 0.493 e. The molecule has 3 N–H and O–H groups in total. The van der Waals surface area contributed by atoms with Crippen molar-refractivity contribution in [2.45, 2.75) is 13.1 Å². The SMILES string of the molecule is COc1cc(-c2ccc3nc(C)c(-c4cnc(N)c(C(F)(F)F)c4)n3n2)ccc1OCCNC(=O)c1ccncc1. The molecular weight excluding hydrogens is 539 g/mol. The van der Waals surface area contributed by atoms with Crippen LogP contribution in [-0.4, -0.2) is 50.7 Å². The molecule has 41 heavy (non-hydrogen) atoms. The number of benzene rings is 1. The number of nitrogens with zero attached hydrogens (tertiary/aromatic N) is 5. The second-order valence-electron chi connectivity index (χ2n) is 8.89. The molecule has 0 spiro atoms. The number of halogens is 3. The number of amides is 1. The number of carbonyl (C=O) groups is 1. The van der Waals surface area contributed by atoms with Crippen LogP contribution in [0.2, 0.25) is 0 Å². The molecule has 0 aliphatic heterocycles. The summed E-state index contributed by atoms with van der Waals surface area (Å²) in [6, 6.07) is 12.9. The van der Waals surface area contributed by atoms with E-state index in [2.05, 4.69) is 25.4 Å². The van der Waals surface area contributed by atoms with Crippen molar-refractivity contribution in [2.24, 2.45) is 0 Å². The number of rotatable bonds is 8. The van der Waals surface area contributed by atoms with Gasteiger partial charge in [0.1, 0.15) is 12.4 Å². The number of ether oxygens (including phenoxy) is 2. The van der Waals surface area contributed by atoms with Gasteiger partial charge in [0.25, 0.3) is 5.91 Å². The van der Waals surface area contributed by atoms with E-state index in [0.717, 1.165) is 6.07 Å². The third-order valence-corrected chi connectivity index (χ3v) is 6.20. The van der Waals surface area contributed by atoms with Gasteiger partial charge in [0.2, 0.25) is 0 Å². The molecule has 0 fully saturated rings. The maximum Gasteiger partial charge on any atom is 0.419 e. The third-order valence-electron chi connectivity index (χ3n) is 6.20. The van der Waals surface area contributed by atoms with Gasteiger partial charge in [-0.3, -0.25) is 9.78 Å². The quantitative estimate of drug-likeness (QED) is 0.263. The lowest BCUT2D eigenvalue weighted by atomic mass is 10.1. The zero-order valence-electron chi connectivity index (χ0n) is 21.9. The van der Waals surface area contributed by atoms with Crippen molar-refractivity contribution in [3.05, 3.63) is 83.9 Å². The first-order valence-corrected chi connectivity index (χ1v) is 12.3. The smallest absolute Gasteiger partial charge is 0.419 e. The van der Waals surface area contributed by atoms with Gasteiger partial charge in [-0.1, -0.05) is 0 Å². The minimum Gasteiger partial charge on any atom is -0.493 e. The van der Waals surface area contributed by atoms with Crippen molar-refractivity contribution < 1.29 is 27.4 Å². The molecule has 4 heterocycles. The van der Waals surface area contributed by atoms with Crippen LogP contribution in [0.4, 0.5) is 19.0 Å². The van der Waals surface area contributed by atoms with Crippen LogP contribution in [-0.2, 0) is 6.18 Å². The lowest BCUT2D eigenvalue weighted by molar-refractivity contribution is -0.137. The van der Waals surface area contributed by atoms with Gasteiger partial charge in [0.15, 0.2) is 17.1 Å². The van der Waals surface area contributed by atoms with Crippen molar-refractivity contribution in [3.63, 3.8) is 0 Å². The number of methoxy groups -OCH3 is 1. The summed E-state index contributed by atoms with van der Waals surface area (Å²) in [7, 11) is 1.50. The molecule has 0 atom stereocenters. The first-order chi connectivity index (χ1) is 19.7. The molecule has 13 heteroatoms. The minimum atomic E-state index is -4.66. The second-order valence-corrected chi connectivity index (χ2v) is 8.89. The number of fused-ring (bicyclic) bond motifs is 1. The van der Waals surface area contributed by atoms with Crippen LogP contribution in [0.25, 0.3) is 28.2 Å². The fourth-order valence-electron chi connectivity index (χ4n) is 4.24. The number of alkyl halides is 3. The predicted molar refractivity (Wildman–Crippen MR) is 144 cm³/mol. The third kappa shape index (κ3) is 5.73. The van der Waals surface area contributed by atoms with Crippen LogP contribution < -0.4 is 20.5 Å².